The number of carbonyl (C=O) groups excluding carboxylic acids is 2. The molecule has 1 aromatic heterocycles. The van der Waals surface area contributed by atoms with Crippen LogP contribution in [-0.4, -0.2) is 34.9 Å². The molecule has 2 aromatic carbocycles. The molecule has 3 aromatic rings. The number of hydrogen-bond donors (Lipinski definition) is 1. The van der Waals surface area contributed by atoms with E-state index in [0.29, 0.717) is 5.69 Å². The minimum atomic E-state index is -0.823. The Kier molecular flexibility index (Phi) is 8.50. The van der Waals surface area contributed by atoms with Crippen LogP contribution in [0, 0.1) is 5.82 Å². The first-order valence-electron chi connectivity index (χ1n) is 11.0. The van der Waals surface area contributed by atoms with E-state index in [0.717, 1.165) is 30.0 Å². The van der Waals surface area contributed by atoms with E-state index < -0.39 is 29.9 Å². The lowest BCUT2D eigenvalue weighted by Gasteiger charge is -2.13. The standard InChI is InChI=1S/C25H26FN3O5/c1-3-5-6-17-7-11-19(12-8-17)27-22(30)16-34-21-15-23(31)29(20-13-9-18(26)10-14-20)28-24(21)25(32)33-4-2/h7-15H,3-6,16H2,1-2H3,(H,27,30). The van der Waals surface area contributed by atoms with Crippen LogP contribution in [0.3, 0.4) is 0 Å². The fourth-order valence-electron chi connectivity index (χ4n) is 3.13. The summed E-state index contributed by atoms with van der Waals surface area (Å²) in [6.45, 7) is 3.37. The number of nitrogens with one attached hydrogen (secondary N) is 1. The lowest BCUT2D eigenvalue weighted by molar-refractivity contribution is -0.118. The number of unbranched alkanes of at least 4 members (excludes halogenated alkanes) is 1. The highest BCUT2D eigenvalue weighted by molar-refractivity contribution is 5.93. The minimum Gasteiger partial charge on any atom is -0.481 e. The zero-order valence-corrected chi connectivity index (χ0v) is 19.0. The van der Waals surface area contributed by atoms with Gasteiger partial charge in [-0.3, -0.25) is 9.59 Å². The normalized spacial score (nSPS) is 10.6. The number of hydrogen-bond acceptors (Lipinski definition) is 6. The molecule has 0 aliphatic rings. The van der Waals surface area contributed by atoms with Gasteiger partial charge in [-0.15, -0.1) is 0 Å². The molecule has 3 rings (SSSR count). The number of ether oxygens (including phenoxy) is 2. The van der Waals surface area contributed by atoms with Gasteiger partial charge in [0.2, 0.25) is 5.69 Å². The maximum absolute atomic E-state index is 13.2. The second-order valence-corrected chi connectivity index (χ2v) is 7.44. The summed E-state index contributed by atoms with van der Waals surface area (Å²) in [5.74, 6) is -1.97. The third-order valence-corrected chi connectivity index (χ3v) is 4.85. The van der Waals surface area contributed by atoms with Crippen molar-refractivity contribution >= 4 is 17.6 Å². The molecule has 0 saturated heterocycles. The van der Waals surface area contributed by atoms with Crippen LogP contribution in [0.4, 0.5) is 10.1 Å². The Morgan fingerprint density at radius 1 is 1.06 bits per heavy atom. The summed E-state index contributed by atoms with van der Waals surface area (Å²) < 4.78 is 24.6. The highest BCUT2D eigenvalue weighted by atomic mass is 19.1. The first-order chi connectivity index (χ1) is 16.4. The number of halogens is 1. The molecule has 1 heterocycles. The van der Waals surface area contributed by atoms with E-state index in [2.05, 4.69) is 17.3 Å². The largest absolute Gasteiger partial charge is 0.481 e. The van der Waals surface area contributed by atoms with Crippen LogP contribution >= 0.6 is 0 Å². The molecule has 34 heavy (non-hydrogen) atoms. The van der Waals surface area contributed by atoms with Gasteiger partial charge in [-0.1, -0.05) is 25.5 Å². The van der Waals surface area contributed by atoms with Crippen molar-refractivity contribution < 1.29 is 23.5 Å². The second-order valence-electron chi connectivity index (χ2n) is 7.44. The number of nitrogens with zero attached hydrogens (tertiary/aromatic N) is 2. The van der Waals surface area contributed by atoms with E-state index in [9.17, 15) is 18.8 Å². The summed E-state index contributed by atoms with van der Waals surface area (Å²) in [5, 5.41) is 6.74. The number of benzene rings is 2. The minimum absolute atomic E-state index is 0.0738. The molecule has 0 radical (unpaired) electrons. The van der Waals surface area contributed by atoms with Gasteiger partial charge in [-0.05, 0) is 61.7 Å². The molecule has 0 spiro atoms. The van der Waals surface area contributed by atoms with E-state index in [1.54, 1.807) is 19.1 Å². The Labute approximate surface area is 196 Å². The Hall–Kier alpha value is -4.01. The monoisotopic (exact) mass is 467 g/mol. The van der Waals surface area contributed by atoms with Crippen molar-refractivity contribution in [3.05, 3.63) is 82.0 Å². The number of amides is 1. The van der Waals surface area contributed by atoms with Crippen molar-refractivity contribution in [1.82, 2.24) is 9.78 Å². The zero-order chi connectivity index (χ0) is 24.5. The first kappa shape index (κ1) is 24.6. The molecule has 0 atom stereocenters. The summed E-state index contributed by atoms with van der Waals surface area (Å²) in [7, 11) is 0. The fourth-order valence-corrected chi connectivity index (χ4v) is 3.13. The SMILES string of the molecule is CCCCc1ccc(NC(=O)COc2cc(=O)n(-c3ccc(F)cc3)nc2C(=O)OCC)cc1. The average Bonchev–Trinajstić information content (AvgIpc) is 2.83. The number of esters is 1. The summed E-state index contributed by atoms with van der Waals surface area (Å²) in [6.07, 6.45) is 3.17. The second kappa shape index (κ2) is 11.7. The molecule has 0 bridgehead atoms. The molecule has 0 unspecified atom stereocenters. The van der Waals surface area contributed by atoms with Crippen LogP contribution in [0.15, 0.2) is 59.4 Å². The molecule has 1 N–H and O–H groups in total. The molecule has 0 saturated carbocycles. The molecular formula is C25H26FN3O5. The number of rotatable bonds is 10. The molecule has 1 amide bonds. The zero-order valence-electron chi connectivity index (χ0n) is 19.0. The van der Waals surface area contributed by atoms with Crippen molar-refractivity contribution in [2.45, 2.75) is 33.1 Å². The van der Waals surface area contributed by atoms with Gasteiger partial charge in [0.1, 0.15) is 5.82 Å². The Bertz CT molecular complexity index is 1190. The van der Waals surface area contributed by atoms with Gasteiger partial charge in [0.05, 0.1) is 18.4 Å². The quantitative estimate of drug-likeness (QED) is 0.454. The fraction of sp³-hybridized carbons (Fsp3) is 0.280. The predicted octanol–water partition coefficient (Wildman–Crippen LogP) is 3.91. The summed E-state index contributed by atoms with van der Waals surface area (Å²) in [6, 6.07) is 13.6. The molecule has 0 aliphatic heterocycles. The molecule has 0 aliphatic carbocycles. The van der Waals surface area contributed by atoms with Crippen molar-refractivity contribution in [2.24, 2.45) is 0 Å². The molecule has 8 nitrogen and oxygen atoms in total. The molecule has 0 fully saturated rings. The summed E-state index contributed by atoms with van der Waals surface area (Å²) in [4.78, 5) is 37.4. The van der Waals surface area contributed by atoms with Crippen molar-refractivity contribution in [3.8, 4) is 11.4 Å². The number of aromatic nitrogens is 2. The number of carbonyl (C=O) groups is 2. The summed E-state index contributed by atoms with van der Waals surface area (Å²) in [5.41, 5.74) is 1.13. The maximum Gasteiger partial charge on any atom is 0.362 e. The Balaban J connectivity index is 1.75. The van der Waals surface area contributed by atoms with Crippen LogP contribution in [0.2, 0.25) is 0 Å². The van der Waals surface area contributed by atoms with Crippen molar-refractivity contribution in [2.75, 3.05) is 18.5 Å². The average molecular weight is 467 g/mol. The van der Waals surface area contributed by atoms with Crippen LogP contribution in [-0.2, 0) is 16.0 Å². The van der Waals surface area contributed by atoms with Crippen LogP contribution < -0.4 is 15.6 Å². The van der Waals surface area contributed by atoms with Crippen LogP contribution in [0.25, 0.3) is 5.69 Å². The lowest BCUT2D eigenvalue weighted by atomic mass is 10.1. The van der Waals surface area contributed by atoms with Gasteiger partial charge in [0.25, 0.3) is 11.5 Å². The van der Waals surface area contributed by atoms with Gasteiger partial charge in [0.15, 0.2) is 12.4 Å². The van der Waals surface area contributed by atoms with Crippen molar-refractivity contribution in [1.29, 1.82) is 0 Å². The number of aryl methyl sites for hydroxylation is 1. The third-order valence-electron chi connectivity index (χ3n) is 4.85. The molecule has 178 valence electrons. The maximum atomic E-state index is 13.2. The smallest absolute Gasteiger partial charge is 0.362 e. The van der Waals surface area contributed by atoms with E-state index in [1.165, 1.54) is 29.8 Å². The van der Waals surface area contributed by atoms with Crippen LogP contribution in [0.1, 0.15) is 42.7 Å². The molecular weight excluding hydrogens is 441 g/mol. The van der Waals surface area contributed by atoms with E-state index in [4.69, 9.17) is 9.47 Å². The molecule has 9 heteroatoms. The van der Waals surface area contributed by atoms with Gasteiger partial charge < -0.3 is 14.8 Å². The topological polar surface area (TPSA) is 99.5 Å². The first-order valence-corrected chi connectivity index (χ1v) is 11.0. The van der Waals surface area contributed by atoms with Gasteiger partial charge >= 0.3 is 5.97 Å². The van der Waals surface area contributed by atoms with Gasteiger partial charge in [-0.25, -0.2) is 9.18 Å². The van der Waals surface area contributed by atoms with Crippen molar-refractivity contribution in [3.63, 3.8) is 0 Å². The number of anilines is 1. The highest BCUT2D eigenvalue weighted by Crippen LogP contribution is 2.17. The predicted molar refractivity (Wildman–Crippen MR) is 125 cm³/mol. The summed E-state index contributed by atoms with van der Waals surface area (Å²) >= 11 is 0. The lowest BCUT2D eigenvalue weighted by Crippen LogP contribution is -2.27. The van der Waals surface area contributed by atoms with Gasteiger partial charge in [-0.2, -0.15) is 9.78 Å². The van der Waals surface area contributed by atoms with E-state index in [-0.39, 0.29) is 23.7 Å². The van der Waals surface area contributed by atoms with E-state index >= 15 is 0 Å². The van der Waals surface area contributed by atoms with Crippen LogP contribution in [0.5, 0.6) is 5.75 Å². The van der Waals surface area contributed by atoms with Gasteiger partial charge in [0, 0.05) is 5.69 Å². The van der Waals surface area contributed by atoms with E-state index in [1.807, 2.05) is 12.1 Å². The highest BCUT2D eigenvalue weighted by Gasteiger charge is 2.20. The Morgan fingerprint density at radius 3 is 2.41 bits per heavy atom. The third kappa shape index (κ3) is 6.50. The Morgan fingerprint density at radius 2 is 1.76 bits per heavy atom.